The van der Waals surface area contributed by atoms with Crippen LogP contribution in [-0.4, -0.2) is 35.7 Å². The third-order valence-electron chi connectivity index (χ3n) is 3.84. The van der Waals surface area contributed by atoms with Gasteiger partial charge in [0.25, 0.3) is 5.91 Å². The second kappa shape index (κ2) is 6.14. The number of anilines is 1. The molecule has 0 bridgehead atoms. The fraction of sp³-hybridized carbons (Fsp3) is 0.471. The fourth-order valence-corrected chi connectivity index (χ4v) is 2.55. The predicted octanol–water partition coefficient (Wildman–Crippen LogP) is 1.88. The Balaban J connectivity index is 1.86. The normalized spacial score (nSPS) is 17.2. The number of hydrogen-bond donors (Lipinski definition) is 1. The molecule has 0 saturated heterocycles. The van der Waals surface area contributed by atoms with Gasteiger partial charge < -0.3 is 19.5 Å². The topological polar surface area (TPSA) is 80.5 Å². The van der Waals surface area contributed by atoms with E-state index in [-0.39, 0.29) is 11.3 Å². The van der Waals surface area contributed by atoms with E-state index in [0.717, 1.165) is 5.69 Å². The molecule has 2 heterocycles. The summed E-state index contributed by atoms with van der Waals surface area (Å²) in [4.78, 5) is 18.5. The first kappa shape index (κ1) is 16.3. The smallest absolute Gasteiger partial charge is 0.262 e. The number of benzene rings is 1. The number of nitrogens with zero attached hydrogens (tertiary/aromatic N) is 3. The van der Waals surface area contributed by atoms with Crippen LogP contribution >= 0.6 is 0 Å². The Morgan fingerprint density at radius 1 is 1.38 bits per heavy atom. The van der Waals surface area contributed by atoms with Gasteiger partial charge in [0.1, 0.15) is 5.75 Å². The summed E-state index contributed by atoms with van der Waals surface area (Å²) < 4.78 is 11.1. The van der Waals surface area contributed by atoms with Crippen molar-refractivity contribution in [3.63, 3.8) is 0 Å². The SMILES string of the molecule is CNC(=O)C1CN(Cc2noc(C(C)(C)C)n2)c2ccccc2O1. The van der Waals surface area contributed by atoms with E-state index in [1.165, 1.54) is 0 Å². The van der Waals surface area contributed by atoms with Crippen molar-refractivity contribution < 1.29 is 14.1 Å². The molecule has 7 heteroatoms. The molecule has 1 aromatic heterocycles. The number of fused-ring (bicyclic) bond motifs is 1. The molecule has 24 heavy (non-hydrogen) atoms. The Kier molecular flexibility index (Phi) is 4.17. The van der Waals surface area contributed by atoms with E-state index in [9.17, 15) is 4.79 Å². The van der Waals surface area contributed by atoms with E-state index < -0.39 is 6.10 Å². The van der Waals surface area contributed by atoms with Crippen molar-refractivity contribution >= 4 is 11.6 Å². The predicted molar refractivity (Wildman–Crippen MR) is 89.0 cm³/mol. The fourth-order valence-electron chi connectivity index (χ4n) is 2.55. The molecular weight excluding hydrogens is 308 g/mol. The molecule has 2 aromatic rings. The molecule has 0 radical (unpaired) electrons. The molecule has 1 atom stereocenters. The molecule has 1 N–H and O–H groups in total. The van der Waals surface area contributed by atoms with Gasteiger partial charge in [-0.05, 0) is 12.1 Å². The number of amides is 1. The maximum atomic E-state index is 12.0. The molecule has 0 saturated carbocycles. The highest BCUT2D eigenvalue weighted by Crippen LogP contribution is 2.34. The van der Waals surface area contributed by atoms with Gasteiger partial charge in [-0.15, -0.1) is 0 Å². The lowest BCUT2D eigenvalue weighted by atomic mass is 9.97. The molecule has 7 nitrogen and oxygen atoms in total. The summed E-state index contributed by atoms with van der Waals surface area (Å²) in [5, 5.41) is 6.70. The van der Waals surface area contributed by atoms with Gasteiger partial charge in [0, 0.05) is 12.5 Å². The standard InChI is InChI=1S/C17H22N4O3/c1-17(2,3)16-19-14(20-24-16)10-21-9-13(15(22)18-4)23-12-8-6-5-7-11(12)21/h5-8,13H,9-10H2,1-4H3,(H,18,22). The van der Waals surface area contributed by atoms with Crippen LogP contribution in [0.4, 0.5) is 5.69 Å². The third-order valence-corrected chi connectivity index (χ3v) is 3.84. The van der Waals surface area contributed by atoms with Gasteiger partial charge >= 0.3 is 0 Å². The zero-order valence-electron chi connectivity index (χ0n) is 14.4. The van der Waals surface area contributed by atoms with Crippen molar-refractivity contribution in [1.29, 1.82) is 0 Å². The van der Waals surface area contributed by atoms with Crippen molar-refractivity contribution in [1.82, 2.24) is 15.5 Å². The molecule has 1 amide bonds. The highest BCUT2D eigenvalue weighted by atomic mass is 16.5. The van der Waals surface area contributed by atoms with Gasteiger partial charge in [-0.2, -0.15) is 4.98 Å². The molecule has 1 aliphatic heterocycles. The van der Waals surface area contributed by atoms with Crippen LogP contribution in [0.15, 0.2) is 28.8 Å². The molecule has 1 aromatic carbocycles. The Morgan fingerprint density at radius 3 is 2.79 bits per heavy atom. The number of para-hydroxylation sites is 2. The molecule has 0 aliphatic carbocycles. The average molecular weight is 330 g/mol. The Bertz CT molecular complexity index is 735. The number of likely N-dealkylation sites (N-methyl/N-ethyl adjacent to an activating group) is 1. The largest absolute Gasteiger partial charge is 0.477 e. The van der Waals surface area contributed by atoms with Crippen LogP contribution in [-0.2, 0) is 16.8 Å². The maximum Gasteiger partial charge on any atom is 0.262 e. The molecule has 3 rings (SSSR count). The van der Waals surface area contributed by atoms with E-state index in [2.05, 4.69) is 15.5 Å². The molecule has 128 valence electrons. The summed E-state index contributed by atoms with van der Waals surface area (Å²) in [6, 6.07) is 7.63. The minimum atomic E-state index is -0.570. The first-order chi connectivity index (χ1) is 11.4. The van der Waals surface area contributed by atoms with Crippen molar-refractivity contribution in [2.75, 3.05) is 18.5 Å². The van der Waals surface area contributed by atoms with Gasteiger partial charge in [-0.25, -0.2) is 0 Å². The van der Waals surface area contributed by atoms with Crippen LogP contribution in [0.25, 0.3) is 0 Å². The van der Waals surface area contributed by atoms with E-state index in [4.69, 9.17) is 9.26 Å². The zero-order valence-corrected chi connectivity index (χ0v) is 14.4. The second-order valence-electron chi connectivity index (χ2n) is 6.83. The summed E-state index contributed by atoms with van der Waals surface area (Å²) in [6.45, 7) is 6.95. The second-order valence-corrected chi connectivity index (χ2v) is 6.83. The van der Waals surface area contributed by atoms with Gasteiger partial charge in [0.15, 0.2) is 11.9 Å². The average Bonchev–Trinajstić information content (AvgIpc) is 3.03. The molecular formula is C17H22N4O3. The van der Waals surface area contributed by atoms with E-state index in [0.29, 0.717) is 30.6 Å². The van der Waals surface area contributed by atoms with Crippen LogP contribution in [0.2, 0.25) is 0 Å². The first-order valence-corrected chi connectivity index (χ1v) is 7.94. The number of carbonyl (C=O) groups is 1. The van der Waals surface area contributed by atoms with Crippen LogP contribution in [0.1, 0.15) is 32.5 Å². The van der Waals surface area contributed by atoms with Crippen LogP contribution in [0, 0.1) is 0 Å². The Labute approximate surface area is 141 Å². The quantitative estimate of drug-likeness (QED) is 0.925. The van der Waals surface area contributed by atoms with E-state index >= 15 is 0 Å². The van der Waals surface area contributed by atoms with Crippen molar-refractivity contribution in [3.05, 3.63) is 36.0 Å². The van der Waals surface area contributed by atoms with Crippen LogP contribution < -0.4 is 15.0 Å². The molecule has 0 spiro atoms. The summed E-state index contributed by atoms with van der Waals surface area (Å²) in [5.74, 6) is 1.71. The first-order valence-electron chi connectivity index (χ1n) is 7.94. The van der Waals surface area contributed by atoms with Gasteiger partial charge in [-0.1, -0.05) is 38.1 Å². The van der Waals surface area contributed by atoms with E-state index in [1.807, 2.05) is 49.9 Å². The minimum absolute atomic E-state index is 0.155. The highest BCUT2D eigenvalue weighted by molar-refractivity contribution is 5.83. The van der Waals surface area contributed by atoms with Crippen molar-refractivity contribution in [2.24, 2.45) is 0 Å². The summed E-state index contributed by atoms with van der Waals surface area (Å²) >= 11 is 0. The highest BCUT2D eigenvalue weighted by Gasteiger charge is 2.31. The minimum Gasteiger partial charge on any atom is -0.477 e. The summed E-state index contributed by atoms with van der Waals surface area (Å²) in [7, 11) is 1.60. The number of carbonyl (C=O) groups excluding carboxylic acids is 1. The Hall–Kier alpha value is -2.57. The number of aromatic nitrogens is 2. The lowest BCUT2D eigenvalue weighted by Crippen LogP contribution is -2.48. The van der Waals surface area contributed by atoms with Crippen molar-refractivity contribution in [3.8, 4) is 5.75 Å². The molecule has 1 aliphatic rings. The number of ether oxygens (including phenoxy) is 1. The molecule has 1 unspecified atom stereocenters. The van der Waals surface area contributed by atoms with Crippen LogP contribution in [0.3, 0.4) is 0 Å². The van der Waals surface area contributed by atoms with Gasteiger partial charge in [-0.3, -0.25) is 4.79 Å². The van der Waals surface area contributed by atoms with Gasteiger partial charge in [0.2, 0.25) is 5.89 Å². The molecule has 0 fully saturated rings. The van der Waals surface area contributed by atoms with Gasteiger partial charge in [0.05, 0.1) is 18.8 Å². The number of rotatable bonds is 3. The third kappa shape index (κ3) is 3.20. The number of nitrogens with one attached hydrogen (secondary N) is 1. The summed E-state index contributed by atoms with van der Waals surface area (Å²) in [5.41, 5.74) is 0.721. The monoisotopic (exact) mass is 330 g/mol. The zero-order chi connectivity index (χ0) is 17.3. The lowest BCUT2D eigenvalue weighted by Gasteiger charge is -2.34. The van der Waals surface area contributed by atoms with E-state index in [1.54, 1.807) is 7.05 Å². The maximum absolute atomic E-state index is 12.0. The number of hydrogen-bond acceptors (Lipinski definition) is 6. The Morgan fingerprint density at radius 2 is 2.12 bits per heavy atom. The lowest BCUT2D eigenvalue weighted by molar-refractivity contribution is -0.127. The summed E-state index contributed by atoms with van der Waals surface area (Å²) in [6.07, 6.45) is -0.570. The van der Waals surface area contributed by atoms with Crippen LogP contribution in [0.5, 0.6) is 5.75 Å². The van der Waals surface area contributed by atoms with Crippen molar-refractivity contribution in [2.45, 2.75) is 38.8 Å².